The highest BCUT2D eigenvalue weighted by molar-refractivity contribution is 8.00. The second kappa shape index (κ2) is 10.1. The Balaban J connectivity index is 1.43. The Morgan fingerprint density at radius 1 is 1.28 bits per heavy atom. The molecule has 1 atom stereocenters. The van der Waals surface area contributed by atoms with Crippen LogP contribution in [0.2, 0.25) is 0 Å². The average Bonchev–Trinajstić information content (AvgIpc) is 3.47. The molecule has 12 heteroatoms. The Morgan fingerprint density at radius 2 is 2.11 bits per heavy atom. The number of fused-ring (bicyclic) bond motifs is 5. The molecule has 0 unspecified atom stereocenters. The van der Waals surface area contributed by atoms with Gasteiger partial charge in [-0.3, -0.25) is 4.79 Å². The van der Waals surface area contributed by atoms with Crippen LogP contribution in [0.5, 0.6) is 11.5 Å². The van der Waals surface area contributed by atoms with Crippen LogP contribution in [-0.2, 0) is 22.6 Å². The maximum Gasteiger partial charge on any atom is 0.234 e. The standard InChI is InChI=1S/C24H27N5O4S3/c1-6-24(2)10-14-17(11-33-24)36-21-19(14)20-27-28-23(29(20)22(26-21)34-5)35-12-18(30)25-15-8-7-13(31-3)9-16(15)32-4/h7-9H,6,10-12H2,1-5H3,(H,25,30)/t24-/m0/s1. The number of nitrogens with one attached hydrogen (secondary N) is 1. The van der Waals surface area contributed by atoms with Crippen molar-refractivity contribution in [2.45, 2.75) is 49.2 Å². The topological polar surface area (TPSA) is 99.9 Å². The molecule has 0 spiro atoms. The third-order valence-corrected chi connectivity index (χ3v) is 9.03. The Labute approximate surface area is 221 Å². The van der Waals surface area contributed by atoms with Crippen LogP contribution in [-0.4, -0.2) is 57.3 Å². The van der Waals surface area contributed by atoms with E-state index in [1.807, 2.05) is 10.7 Å². The second-order valence-corrected chi connectivity index (χ2v) is 11.4. The molecule has 1 aliphatic heterocycles. The lowest BCUT2D eigenvalue weighted by molar-refractivity contribution is -0.113. The van der Waals surface area contributed by atoms with E-state index in [-0.39, 0.29) is 17.3 Å². The number of thiophene rings is 1. The lowest BCUT2D eigenvalue weighted by Gasteiger charge is -2.32. The zero-order valence-electron chi connectivity index (χ0n) is 20.7. The van der Waals surface area contributed by atoms with Gasteiger partial charge in [-0.1, -0.05) is 30.4 Å². The summed E-state index contributed by atoms with van der Waals surface area (Å²) in [6.07, 6.45) is 3.73. The molecule has 1 amide bonds. The van der Waals surface area contributed by atoms with Gasteiger partial charge in [0.1, 0.15) is 16.3 Å². The van der Waals surface area contributed by atoms with Gasteiger partial charge in [-0.05, 0) is 37.3 Å². The number of methoxy groups -OCH3 is 2. The largest absolute Gasteiger partial charge is 0.497 e. The number of thioether (sulfide) groups is 2. The minimum Gasteiger partial charge on any atom is -0.497 e. The SMILES string of the molecule is CC[C@@]1(C)Cc2c(sc3nc(SC)n4c(SCC(=O)Nc5ccc(OC)cc5OC)nnc4c23)CO1. The number of carbonyl (C=O) groups is 1. The van der Waals surface area contributed by atoms with Crippen LogP contribution in [0.3, 0.4) is 0 Å². The fourth-order valence-electron chi connectivity index (χ4n) is 4.19. The van der Waals surface area contributed by atoms with Crippen LogP contribution in [0.4, 0.5) is 5.69 Å². The first kappa shape index (κ1) is 25.1. The molecule has 1 N–H and O–H groups in total. The van der Waals surface area contributed by atoms with Crippen molar-refractivity contribution < 1.29 is 19.0 Å². The summed E-state index contributed by atoms with van der Waals surface area (Å²) in [6.45, 7) is 4.89. The van der Waals surface area contributed by atoms with Gasteiger partial charge in [-0.25, -0.2) is 9.38 Å². The van der Waals surface area contributed by atoms with E-state index in [9.17, 15) is 4.79 Å². The molecule has 9 nitrogen and oxygen atoms in total. The van der Waals surface area contributed by atoms with Crippen LogP contribution < -0.4 is 14.8 Å². The Bertz CT molecular complexity index is 1450. The summed E-state index contributed by atoms with van der Waals surface area (Å²) in [6, 6.07) is 5.26. The molecule has 1 aromatic carbocycles. The molecule has 0 fully saturated rings. The predicted octanol–water partition coefficient (Wildman–Crippen LogP) is 5.05. The normalized spacial score (nSPS) is 17.4. The van der Waals surface area contributed by atoms with Crippen molar-refractivity contribution in [3.63, 3.8) is 0 Å². The number of benzene rings is 1. The molecule has 0 aliphatic carbocycles. The number of hydrogen-bond donors (Lipinski definition) is 1. The quantitative estimate of drug-likeness (QED) is 0.241. The number of rotatable bonds is 8. The molecule has 5 rings (SSSR count). The molecule has 0 saturated carbocycles. The van der Waals surface area contributed by atoms with Crippen molar-refractivity contribution in [2.75, 3.05) is 31.5 Å². The molecular weight excluding hydrogens is 518 g/mol. The third kappa shape index (κ3) is 4.51. The van der Waals surface area contributed by atoms with Gasteiger partial charge in [0.05, 0.1) is 43.3 Å². The number of aromatic nitrogens is 4. The number of carbonyl (C=O) groups excluding carboxylic acids is 1. The molecule has 3 aromatic heterocycles. The molecule has 0 radical (unpaired) electrons. The smallest absolute Gasteiger partial charge is 0.234 e. The van der Waals surface area contributed by atoms with Gasteiger partial charge in [0.15, 0.2) is 16.0 Å². The number of hydrogen-bond acceptors (Lipinski definition) is 10. The summed E-state index contributed by atoms with van der Waals surface area (Å²) in [7, 11) is 3.14. The molecule has 0 bridgehead atoms. The average molecular weight is 546 g/mol. The van der Waals surface area contributed by atoms with E-state index in [1.54, 1.807) is 43.8 Å². The second-order valence-electron chi connectivity index (χ2n) is 8.60. The molecule has 1 aliphatic rings. The summed E-state index contributed by atoms with van der Waals surface area (Å²) in [5.41, 5.74) is 2.41. The summed E-state index contributed by atoms with van der Waals surface area (Å²) in [4.78, 5) is 19.9. The lowest BCUT2D eigenvalue weighted by atomic mass is 9.90. The van der Waals surface area contributed by atoms with E-state index in [4.69, 9.17) is 19.2 Å². The maximum absolute atomic E-state index is 12.8. The fourth-order valence-corrected chi connectivity index (χ4v) is 6.68. The van der Waals surface area contributed by atoms with Gasteiger partial charge in [-0.2, -0.15) is 0 Å². The Morgan fingerprint density at radius 3 is 2.83 bits per heavy atom. The summed E-state index contributed by atoms with van der Waals surface area (Å²) in [5, 5.41) is 14.4. The van der Waals surface area contributed by atoms with Crippen LogP contribution in [0.25, 0.3) is 15.9 Å². The molecule has 36 heavy (non-hydrogen) atoms. The monoisotopic (exact) mass is 545 g/mol. The van der Waals surface area contributed by atoms with E-state index in [1.165, 1.54) is 34.0 Å². The predicted molar refractivity (Wildman–Crippen MR) is 144 cm³/mol. The Kier molecular flexibility index (Phi) is 7.03. The highest BCUT2D eigenvalue weighted by Crippen LogP contribution is 2.42. The number of amides is 1. The molecule has 0 saturated heterocycles. The van der Waals surface area contributed by atoms with Crippen LogP contribution in [0, 0.1) is 0 Å². The highest BCUT2D eigenvalue weighted by atomic mass is 32.2. The summed E-state index contributed by atoms with van der Waals surface area (Å²) in [5.74, 6) is 1.16. The van der Waals surface area contributed by atoms with Crippen molar-refractivity contribution in [1.82, 2.24) is 19.6 Å². The molecule has 4 heterocycles. The van der Waals surface area contributed by atoms with E-state index in [2.05, 4.69) is 29.4 Å². The van der Waals surface area contributed by atoms with Gasteiger partial charge in [0.25, 0.3) is 0 Å². The van der Waals surface area contributed by atoms with Crippen LogP contribution in [0.15, 0.2) is 28.5 Å². The maximum atomic E-state index is 12.8. The van der Waals surface area contributed by atoms with Crippen LogP contribution in [0.1, 0.15) is 30.7 Å². The Hall–Kier alpha value is -2.54. The van der Waals surface area contributed by atoms with E-state index >= 15 is 0 Å². The summed E-state index contributed by atoms with van der Waals surface area (Å²) < 4.78 is 18.7. The number of ether oxygens (including phenoxy) is 3. The first-order valence-corrected chi connectivity index (χ1v) is 14.4. The zero-order valence-corrected chi connectivity index (χ0v) is 23.2. The van der Waals surface area contributed by atoms with Gasteiger partial charge in [-0.15, -0.1) is 21.5 Å². The van der Waals surface area contributed by atoms with Crippen molar-refractivity contribution in [3.8, 4) is 11.5 Å². The molecule has 190 valence electrons. The van der Waals surface area contributed by atoms with Crippen LogP contribution >= 0.6 is 34.9 Å². The van der Waals surface area contributed by atoms with E-state index in [0.717, 1.165) is 33.9 Å². The number of nitrogens with zero attached hydrogens (tertiary/aromatic N) is 4. The van der Waals surface area contributed by atoms with Crippen molar-refractivity contribution >= 4 is 62.3 Å². The van der Waals surface area contributed by atoms with Crippen molar-refractivity contribution in [3.05, 3.63) is 28.6 Å². The van der Waals surface area contributed by atoms with Gasteiger partial charge >= 0.3 is 0 Å². The van der Waals surface area contributed by atoms with Crippen molar-refractivity contribution in [2.24, 2.45) is 0 Å². The van der Waals surface area contributed by atoms with Gasteiger partial charge < -0.3 is 19.5 Å². The molecular formula is C24H27N5O4S3. The van der Waals surface area contributed by atoms with Gasteiger partial charge in [0.2, 0.25) is 5.91 Å². The first-order valence-electron chi connectivity index (χ1n) is 11.4. The lowest BCUT2D eigenvalue weighted by Crippen LogP contribution is -2.33. The highest BCUT2D eigenvalue weighted by Gasteiger charge is 2.33. The first-order chi connectivity index (χ1) is 17.4. The van der Waals surface area contributed by atoms with E-state index in [0.29, 0.717) is 28.9 Å². The molecule has 4 aromatic rings. The minimum atomic E-state index is -0.200. The fraction of sp³-hybridized carbons (Fsp3) is 0.417. The van der Waals surface area contributed by atoms with Gasteiger partial charge in [0, 0.05) is 17.4 Å². The third-order valence-electron chi connectivity index (χ3n) is 6.37. The van der Waals surface area contributed by atoms with Crippen molar-refractivity contribution in [1.29, 1.82) is 0 Å². The minimum absolute atomic E-state index is 0.158. The summed E-state index contributed by atoms with van der Waals surface area (Å²) >= 11 is 4.52. The zero-order chi connectivity index (χ0) is 25.4. The van der Waals surface area contributed by atoms with E-state index < -0.39 is 0 Å². The number of anilines is 1.